The van der Waals surface area contributed by atoms with E-state index < -0.39 is 24.3 Å². The Kier molecular flexibility index (Phi) is 16.7. The number of alkyl carbamates (subject to hydrolysis) is 1. The highest BCUT2D eigenvalue weighted by molar-refractivity contribution is 5.77. The first-order valence-electron chi connectivity index (χ1n) is 9.97. The Morgan fingerprint density at radius 1 is 0.733 bits per heavy atom. The number of hydrogen-bond acceptors (Lipinski definition) is 8. The fourth-order valence-electron chi connectivity index (χ4n) is 1.90. The summed E-state index contributed by atoms with van der Waals surface area (Å²) in [5.74, 6) is -1.47. The van der Waals surface area contributed by atoms with Crippen molar-refractivity contribution < 1.29 is 43.2 Å². The highest BCUT2D eigenvalue weighted by Gasteiger charge is 2.15. The number of ether oxygens (including phenoxy) is 5. The van der Waals surface area contributed by atoms with E-state index in [0.29, 0.717) is 65.6 Å². The van der Waals surface area contributed by atoms with E-state index in [1.807, 2.05) is 20.8 Å². The quantitative estimate of drug-likeness (QED) is 0.263. The van der Waals surface area contributed by atoms with E-state index in [9.17, 15) is 14.4 Å². The molecule has 0 aliphatic rings. The molecular formula is C19H36N2O9. The van der Waals surface area contributed by atoms with E-state index in [1.54, 1.807) is 0 Å². The monoisotopic (exact) mass is 436 g/mol. The van der Waals surface area contributed by atoms with Crippen LogP contribution in [0.25, 0.3) is 0 Å². The summed E-state index contributed by atoms with van der Waals surface area (Å²) < 4.78 is 25.9. The van der Waals surface area contributed by atoms with Gasteiger partial charge in [0.25, 0.3) is 0 Å². The van der Waals surface area contributed by atoms with Crippen LogP contribution >= 0.6 is 0 Å². The Hall–Kier alpha value is -1.95. The summed E-state index contributed by atoms with van der Waals surface area (Å²) in [5, 5.41) is 13.6. The van der Waals surface area contributed by atoms with Gasteiger partial charge in [-0.3, -0.25) is 4.79 Å². The van der Waals surface area contributed by atoms with Crippen LogP contribution in [0.5, 0.6) is 0 Å². The summed E-state index contributed by atoms with van der Waals surface area (Å²) in [7, 11) is 0. The zero-order valence-electron chi connectivity index (χ0n) is 18.2. The number of aliphatic carboxylic acids is 1. The van der Waals surface area contributed by atoms with Crippen molar-refractivity contribution in [1.29, 1.82) is 0 Å². The Balaban J connectivity index is 3.24. The van der Waals surface area contributed by atoms with Gasteiger partial charge in [0.05, 0.1) is 26.4 Å². The second-order valence-corrected chi connectivity index (χ2v) is 7.21. The first kappa shape index (κ1) is 28.1. The third-order valence-corrected chi connectivity index (χ3v) is 3.12. The second-order valence-electron chi connectivity index (χ2n) is 7.21. The van der Waals surface area contributed by atoms with Gasteiger partial charge < -0.3 is 39.4 Å². The predicted molar refractivity (Wildman–Crippen MR) is 107 cm³/mol. The van der Waals surface area contributed by atoms with Crippen LogP contribution in [-0.2, 0) is 33.3 Å². The van der Waals surface area contributed by atoms with Crippen molar-refractivity contribution in [1.82, 2.24) is 10.6 Å². The van der Waals surface area contributed by atoms with Crippen molar-refractivity contribution in [3.8, 4) is 0 Å². The number of carboxylic acids is 1. The number of carbonyl (C=O) groups excluding carboxylic acids is 2. The number of carbonyl (C=O) groups is 3. The summed E-state index contributed by atoms with van der Waals surface area (Å²) in [6.45, 7) is 8.36. The van der Waals surface area contributed by atoms with Gasteiger partial charge in [-0.15, -0.1) is 0 Å². The molecule has 0 radical (unpaired) electrons. The van der Waals surface area contributed by atoms with Crippen LogP contribution in [0.3, 0.4) is 0 Å². The topological polar surface area (TPSA) is 142 Å². The minimum absolute atomic E-state index is 0.274. The van der Waals surface area contributed by atoms with Gasteiger partial charge in [-0.1, -0.05) is 0 Å². The molecule has 0 aliphatic carbocycles. The maximum Gasteiger partial charge on any atom is 0.407 e. The summed E-state index contributed by atoms with van der Waals surface area (Å²) in [5.41, 5.74) is -0.502. The smallest absolute Gasteiger partial charge is 0.407 e. The zero-order valence-corrected chi connectivity index (χ0v) is 18.2. The molecule has 0 aliphatic heterocycles. The molecule has 0 heterocycles. The first-order valence-corrected chi connectivity index (χ1v) is 9.97. The van der Waals surface area contributed by atoms with Crippen molar-refractivity contribution in [2.24, 2.45) is 0 Å². The van der Waals surface area contributed by atoms with Gasteiger partial charge in [0, 0.05) is 26.3 Å². The molecule has 0 aromatic carbocycles. The number of carboxylic acid groups (broad SMARTS) is 1. The Labute approximate surface area is 177 Å². The van der Waals surface area contributed by atoms with E-state index in [-0.39, 0.29) is 12.5 Å². The molecule has 2 amide bonds. The van der Waals surface area contributed by atoms with Gasteiger partial charge >= 0.3 is 12.1 Å². The number of hydrogen-bond donors (Lipinski definition) is 3. The predicted octanol–water partition coefficient (Wildman–Crippen LogP) is 0.559. The lowest BCUT2D eigenvalue weighted by Gasteiger charge is -2.19. The number of nitrogens with one attached hydrogen (secondary N) is 2. The maximum absolute atomic E-state index is 11.4. The van der Waals surface area contributed by atoms with Gasteiger partial charge in [-0.25, -0.2) is 9.59 Å². The van der Waals surface area contributed by atoms with Crippen LogP contribution in [0, 0.1) is 0 Å². The Morgan fingerprint density at radius 3 is 1.73 bits per heavy atom. The largest absolute Gasteiger partial charge is 0.480 e. The van der Waals surface area contributed by atoms with Crippen molar-refractivity contribution in [2.45, 2.75) is 39.2 Å². The number of amides is 2. The average molecular weight is 437 g/mol. The molecule has 0 fully saturated rings. The van der Waals surface area contributed by atoms with Gasteiger partial charge in [0.1, 0.15) is 18.8 Å². The fraction of sp³-hybridized carbons (Fsp3) is 0.842. The number of rotatable bonds is 18. The Bertz CT molecular complexity index is 481. The van der Waals surface area contributed by atoms with Gasteiger partial charge in [0.2, 0.25) is 5.91 Å². The van der Waals surface area contributed by atoms with E-state index in [2.05, 4.69) is 15.4 Å². The van der Waals surface area contributed by atoms with E-state index in [4.69, 9.17) is 24.1 Å². The molecule has 0 rings (SSSR count). The summed E-state index contributed by atoms with van der Waals surface area (Å²) in [6, 6.07) is 0. The third kappa shape index (κ3) is 22.3. The first-order chi connectivity index (χ1) is 14.2. The van der Waals surface area contributed by atoms with E-state index in [1.165, 1.54) is 0 Å². The molecular weight excluding hydrogens is 400 g/mol. The summed E-state index contributed by atoms with van der Waals surface area (Å²) in [4.78, 5) is 32.9. The molecule has 11 nitrogen and oxygen atoms in total. The van der Waals surface area contributed by atoms with Crippen LogP contribution in [0.4, 0.5) is 4.79 Å². The lowest BCUT2D eigenvalue weighted by Crippen LogP contribution is -2.33. The molecule has 0 aromatic heterocycles. The summed E-state index contributed by atoms with van der Waals surface area (Å²) >= 11 is 0. The third-order valence-electron chi connectivity index (χ3n) is 3.12. The van der Waals surface area contributed by atoms with Crippen molar-refractivity contribution in [2.75, 3.05) is 65.9 Å². The van der Waals surface area contributed by atoms with Crippen molar-refractivity contribution >= 4 is 18.0 Å². The fourth-order valence-corrected chi connectivity index (χ4v) is 1.90. The molecule has 0 aromatic rings. The Morgan fingerprint density at radius 2 is 1.23 bits per heavy atom. The molecule has 0 bridgehead atoms. The van der Waals surface area contributed by atoms with Crippen LogP contribution < -0.4 is 10.6 Å². The van der Waals surface area contributed by atoms with Crippen LogP contribution in [0.1, 0.15) is 33.6 Å². The van der Waals surface area contributed by atoms with E-state index in [0.717, 1.165) is 0 Å². The maximum atomic E-state index is 11.4. The van der Waals surface area contributed by atoms with Crippen LogP contribution in [-0.4, -0.2) is 94.6 Å². The van der Waals surface area contributed by atoms with Crippen LogP contribution in [0.2, 0.25) is 0 Å². The van der Waals surface area contributed by atoms with Crippen molar-refractivity contribution in [3.63, 3.8) is 0 Å². The van der Waals surface area contributed by atoms with Gasteiger partial charge in [-0.05, 0) is 33.6 Å². The highest BCUT2D eigenvalue weighted by Crippen LogP contribution is 2.06. The zero-order chi connectivity index (χ0) is 22.7. The normalized spacial score (nSPS) is 11.2. The minimum Gasteiger partial charge on any atom is -0.480 e. The molecule has 3 N–H and O–H groups in total. The molecule has 30 heavy (non-hydrogen) atoms. The second kappa shape index (κ2) is 17.9. The molecule has 11 heteroatoms. The lowest BCUT2D eigenvalue weighted by atomic mass is 10.2. The standard InChI is InChI=1S/C19H36N2O9/c1-19(2,3)30-18(25)21-7-5-9-27-11-13-28-12-10-26-8-4-6-20-16(22)14-29-15-17(23)24/h4-15H2,1-3H3,(H,20,22)(H,21,25)(H,23,24). The van der Waals surface area contributed by atoms with Crippen molar-refractivity contribution in [3.05, 3.63) is 0 Å². The highest BCUT2D eigenvalue weighted by atomic mass is 16.6. The summed E-state index contributed by atoms with van der Waals surface area (Å²) in [6.07, 6.45) is 0.883. The van der Waals surface area contributed by atoms with Crippen LogP contribution in [0.15, 0.2) is 0 Å². The molecule has 0 spiro atoms. The van der Waals surface area contributed by atoms with E-state index >= 15 is 0 Å². The molecule has 0 atom stereocenters. The molecule has 176 valence electrons. The molecule has 0 saturated heterocycles. The van der Waals surface area contributed by atoms with Gasteiger partial charge in [0.15, 0.2) is 0 Å². The SMILES string of the molecule is CC(C)(C)OC(=O)NCCCOCCOCCOCCCNC(=O)COCC(=O)O. The lowest BCUT2D eigenvalue weighted by molar-refractivity contribution is -0.143. The molecule has 0 saturated carbocycles. The van der Waals surface area contributed by atoms with Gasteiger partial charge in [-0.2, -0.15) is 0 Å². The average Bonchev–Trinajstić information content (AvgIpc) is 2.63. The minimum atomic E-state index is -1.11. The molecule has 0 unspecified atom stereocenters.